The Labute approximate surface area is 125 Å². The van der Waals surface area contributed by atoms with E-state index in [1.165, 1.54) is 0 Å². The maximum atomic E-state index is 12.8. The SMILES string of the molecule is Cc1cccc(C(=O)N2CCCC2C2CCCC2O)c1O. The van der Waals surface area contributed by atoms with Crippen molar-refractivity contribution in [2.24, 2.45) is 5.92 Å². The molecule has 3 rings (SSSR count). The maximum absolute atomic E-state index is 12.8. The molecule has 1 heterocycles. The summed E-state index contributed by atoms with van der Waals surface area (Å²) in [5.41, 5.74) is 1.10. The minimum Gasteiger partial charge on any atom is -0.507 e. The number of nitrogens with zero attached hydrogens (tertiary/aromatic N) is 1. The van der Waals surface area contributed by atoms with Crippen molar-refractivity contribution in [2.45, 2.75) is 51.2 Å². The fraction of sp³-hybridized carbons (Fsp3) is 0.588. The molecule has 3 atom stereocenters. The van der Waals surface area contributed by atoms with E-state index in [-0.39, 0.29) is 29.7 Å². The molecule has 1 aliphatic carbocycles. The van der Waals surface area contributed by atoms with Gasteiger partial charge in [0.1, 0.15) is 5.75 Å². The third kappa shape index (κ3) is 2.53. The van der Waals surface area contributed by atoms with Crippen molar-refractivity contribution in [3.05, 3.63) is 29.3 Å². The summed E-state index contributed by atoms with van der Waals surface area (Å²) in [6, 6.07) is 5.41. The van der Waals surface area contributed by atoms with Crippen molar-refractivity contribution in [2.75, 3.05) is 6.54 Å². The number of aliphatic hydroxyl groups excluding tert-OH is 1. The standard InChI is InChI=1S/C17H23NO3/c1-11-5-2-7-13(16(11)20)17(21)18-10-4-8-14(18)12-6-3-9-15(12)19/h2,5,7,12,14-15,19-20H,3-4,6,8-10H2,1H3. The quantitative estimate of drug-likeness (QED) is 0.879. The van der Waals surface area contributed by atoms with Gasteiger partial charge in [-0.15, -0.1) is 0 Å². The molecule has 2 aliphatic rings. The third-order valence-electron chi connectivity index (χ3n) is 5.05. The van der Waals surface area contributed by atoms with E-state index in [9.17, 15) is 15.0 Å². The minimum absolute atomic E-state index is 0.0834. The lowest BCUT2D eigenvalue weighted by molar-refractivity contribution is 0.0525. The van der Waals surface area contributed by atoms with Crippen molar-refractivity contribution < 1.29 is 15.0 Å². The van der Waals surface area contributed by atoms with E-state index < -0.39 is 0 Å². The van der Waals surface area contributed by atoms with E-state index in [0.29, 0.717) is 5.56 Å². The molecule has 2 fully saturated rings. The van der Waals surface area contributed by atoms with Gasteiger partial charge in [0, 0.05) is 18.5 Å². The molecule has 0 aromatic heterocycles. The highest BCUT2D eigenvalue weighted by molar-refractivity contribution is 5.97. The Bertz CT molecular complexity index is 543. The summed E-state index contributed by atoms with van der Waals surface area (Å²) in [5, 5.41) is 20.3. The topological polar surface area (TPSA) is 60.8 Å². The number of carbonyl (C=O) groups is 1. The monoisotopic (exact) mass is 289 g/mol. The van der Waals surface area contributed by atoms with Crippen molar-refractivity contribution in [1.82, 2.24) is 4.90 Å². The van der Waals surface area contributed by atoms with Crippen LogP contribution in [-0.2, 0) is 0 Å². The average molecular weight is 289 g/mol. The van der Waals surface area contributed by atoms with Crippen LogP contribution in [0.2, 0.25) is 0 Å². The molecule has 1 saturated heterocycles. The molecule has 0 bridgehead atoms. The van der Waals surface area contributed by atoms with Gasteiger partial charge in [0.15, 0.2) is 0 Å². The van der Waals surface area contributed by atoms with Crippen LogP contribution in [0, 0.1) is 12.8 Å². The average Bonchev–Trinajstić information content (AvgIpc) is 3.09. The number of phenols is 1. The molecule has 1 amide bonds. The highest BCUT2D eigenvalue weighted by atomic mass is 16.3. The van der Waals surface area contributed by atoms with Crippen LogP contribution < -0.4 is 0 Å². The van der Waals surface area contributed by atoms with Crippen LogP contribution in [0.3, 0.4) is 0 Å². The molecule has 1 aromatic rings. The zero-order valence-corrected chi connectivity index (χ0v) is 12.5. The van der Waals surface area contributed by atoms with Crippen LogP contribution >= 0.6 is 0 Å². The lowest BCUT2D eigenvalue weighted by Gasteiger charge is -2.31. The van der Waals surface area contributed by atoms with Gasteiger partial charge in [-0.1, -0.05) is 18.6 Å². The maximum Gasteiger partial charge on any atom is 0.257 e. The molecule has 114 valence electrons. The van der Waals surface area contributed by atoms with E-state index >= 15 is 0 Å². The Morgan fingerprint density at radius 2 is 2.05 bits per heavy atom. The Morgan fingerprint density at radius 1 is 1.24 bits per heavy atom. The number of phenolic OH excluding ortho intramolecular Hbond substituents is 1. The molecule has 3 unspecified atom stereocenters. The summed E-state index contributed by atoms with van der Waals surface area (Å²) in [7, 11) is 0. The van der Waals surface area contributed by atoms with Crippen LogP contribution in [0.5, 0.6) is 5.75 Å². The number of aliphatic hydroxyl groups is 1. The molecule has 0 radical (unpaired) electrons. The number of hydrogen-bond acceptors (Lipinski definition) is 3. The molecule has 1 aliphatic heterocycles. The van der Waals surface area contributed by atoms with Gasteiger partial charge in [0.25, 0.3) is 5.91 Å². The molecule has 4 heteroatoms. The number of likely N-dealkylation sites (tertiary alicyclic amines) is 1. The molecule has 4 nitrogen and oxygen atoms in total. The second kappa shape index (κ2) is 5.68. The summed E-state index contributed by atoms with van der Waals surface area (Å²) in [5.74, 6) is 0.182. The summed E-state index contributed by atoms with van der Waals surface area (Å²) in [6.07, 6.45) is 4.54. The lowest BCUT2D eigenvalue weighted by atomic mass is 9.93. The van der Waals surface area contributed by atoms with Crippen LogP contribution in [0.1, 0.15) is 48.0 Å². The molecular weight excluding hydrogens is 266 g/mol. The van der Waals surface area contributed by atoms with Gasteiger partial charge in [0.05, 0.1) is 11.7 Å². The van der Waals surface area contributed by atoms with Crippen molar-refractivity contribution >= 4 is 5.91 Å². The third-order valence-corrected chi connectivity index (χ3v) is 5.05. The zero-order chi connectivity index (χ0) is 15.0. The van der Waals surface area contributed by atoms with Gasteiger partial charge >= 0.3 is 0 Å². The summed E-state index contributed by atoms with van der Waals surface area (Å²) in [4.78, 5) is 14.6. The van der Waals surface area contributed by atoms with Crippen molar-refractivity contribution in [3.8, 4) is 5.75 Å². The normalized spacial score (nSPS) is 29.0. The van der Waals surface area contributed by atoms with Crippen LogP contribution in [0.15, 0.2) is 18.2 Å². The van der Waals surface area contributed by atoms with E-state index in [4.69, 9.17) is 0 Å². The molecule has 21 heavy (non-hydrogen) atoms. The van der Waals surface area contributed by atoms with Gasteiger partial charge in [-0.3, -0.25) is 4.79 Å². The molecule has 1 saturated carbocycles. The van der Waals surface area contributed by atoms with Gasteiger partial charge in [-0.25, -0.2) is 0 Å². The Hall–Kier alpha value is -1.55. The van der Waals surface area contributed by atoms with Gasteiger partial charge in [-0.2, -0.15) is 0 Å². The lowest BCUT2D eigenvalue weighted by Crippen LogP contribution is -2.42. The number of benzene rings is 1. The van der Waals surface area contributed by atoms with Crippen LogP contribution in [-0.4, -0.2) is 39.7 Å². The number of aryl methyl sites for hydroxylation is 1. The number of hydrogen-bond donors (Lipinski definition) is 2. The second-order valence-corrected chi connectivity index (χ2v) is 6.34. The largest absolute Gasteiger partial charge is 0.507 e. The number of rotatable bonds is 2. The summed E-state index contributed by atoms with van der Waals surface area (Å²) in [6.45, 7) is 2.52. The smallest absolute Gasteiger partial charge is 0.257 e. The zero-order valence-electron chi connectivity index (χ0n) is 12.5. The van der Waals surface area contributed by atoms with Crippen molar-refractivity contribution in [1.29, 1.82) is 0 Å². The molecule has 2 N–H and O–H groups in total. The number of para-hydroxylation sites is 1. The van der Waals surface area contributed by atoms with Gasteiger partial charge in [-0.05, 0) is 44.2 Å². The number of aromatic hydroxyl groups is 1. The molecule has 1 aromatic carbocycles. The first-order chi connectivity index (χ1) is 10.1. The first-order valence-corrected chi connectivity index (χ1v) is 7.87. The predicted octanol–water partition coefficient (Wildman–Crippen LogP) is 2.47. The summed E-state index contributed by atoms with van der Waals surface area (Å²) >= 11 is 0. The first kappa shape index (κ1) is 14.4. The minimum atomic E-state index is -0.283. The molecular formula is C17H23NO3. The molecule has 0 spiro atoms. The van der Waals surface area contributed by atoms with E-state index in [1.54, 1.807) is 25.1 Å². The fourth-order valence-corrected chi connectivity index (χ4v) is 3.89. The predicted molar refractivity (Wildman–Crippen MR) is 80.3 cm³/mol. The Morgan fingerprint density at radius 3 is 2.76 bits per heavy atom. The second-order valence-electron chi connectivity index (χ2n) is 6.34. The Balaban J connectivity index is 1.84. The van der Waals surface area contributed by atoms with E-state index in [2.05, 4.69) is 0 Å². The van der Waals surface area contributed by atoms with Crippen LogP contribution in [0.25, 0.3) is 0 Å². The van der Waals surface area contributed by atoms with E-state index in [1.807, 2.05) is 4.90 Å². The van der Waals surface area contributed by atoms with Crippen LogP contribution in [0.4, 0.5) is 0 Å². The summed E-state index contributed by atoms with van der Waals surface area (Å²) < 4.78 is 0. The number of amides is 1. The number of carbonyl (C=O) groups excluding carboxylic acids is 1. The first-order valence-electron chi connectivity index (χ1n) is 7.87. The van der Waals surface area contributed by atoms with Gasteiger partial charge < -0.3 is 15.1 Å². The van der Waals surface area contributed by atoms with Crippen molar-refractivity contribution in [3.63, 3.8) is 0 Å². The Kier molecular flexibility index (Phi) is 3.89. The highest BCUT2D eigenvalue weighted by Gasteiger charge is 2.40. The van der Waals surface area contributed by atoms with Gasteiger partial charge in [0.2, 0.25) is 0 Å². The highest BCUT2D eigenvalue weighted by Crippen LogP contribution is 2.37. The fourth-order valence-electron chi connectivity index (χ4n) is 3.89. The van der Waals surface area contributed by atoms with E-state index in [0.717, 1.165) is 44.2 Å².